The minimum absolute atomic E-state index is 0.719. The fourth-order valence-electron chi connectivity index (χ4n) is 1.44. The maximum atomic E-state index is 5.62. The first kappa shape index (κ1) is 11.4. The Hall–Kier alpha value is -0.690. The van der Waals surface area contributed by atoms with Gasteiger partial charge in [-0.15, -0.1) is 11.6 Å². The third-order valence-electron chi connectivity index (χ3n) is 2.68. The van der Waals surface area contributed by atoms with Crippen molar-refractivity contribution in [3.05, 3.63) is 28.8 Å². The Labute approximate surface area is 91.5 Å². The van der Waals surface area contributed by atoms with Crippen molar-refractivity contribution in [1.29, 1.82) is 0 Å². The van der Waals surface area contributed by atoms with Crippen molar-refractivity contribution >= 4 is 17.3 Å². The second-order valence-corrected chi connectivity index (χ2v) is 4.03. The molecule has 0 atom stereocenters. The van der Waals surface area contributed by atoms with Crippen LogP contribution in [-0.2, 0) is 0 Å². The van der Waals surface area contributed by atoms with E-state index in [0.717, 1.165) is 18.8 Å². The van der Waals surface area contributed by atoms with Gasteiger partial charge < -0.3 is 5.32 Å². The predicted molar refractivity (Wildman–Crippen MR) is 64.5 cm³/mol. The highest BCUT2D eigenvalue weighted by Crippen LogP contribution is 2.21. The van der Waals surface area contributed by atoms with Crippen molar-refractivity contribution in [2.75, 3.05) is 17.7 Å². The van der Waals surface area contributed by atoms with Crippen LogP contribution in [0.3, 0.4) is 0 Å². The summed E-state index contributed by atoms with van der Waals surface area (Å²) >= 11 is 5.62. The molecule has 2 heteroatoms. The standard InChI is InChI=1S/C12H18ClN/c1-9-5-6-12(11(3)10(9)2)14-8-4-7-13/h5-6,14H,4,7-8H2,1-3H3. The molecule has 0 radical (unpaired) electrons. The van der Waals surface area contributed by atoms with Gasteiger partial charge in [-0.25, -0.2) is 0 Å². The van der Waals surface area contributed by atoms with Crippen LogP contribution in [0.5, 0.6) is 0 Å². The molecule has 78 valence electrons. The van der Waals surface area contributed by atoms with Crippen LogP contribution in [0, 0.1) is 20.8 Å². The summed E-state index contributed by atoms with van der Waals surface area (Å²) in [6, 6.07) is 4.30. The number of halogens is 1. The number of hydrogen-bond acceptors (Lipinski definition) is 1. The lowest BCUT2D eigenvalue weighted by Crippen LogP contribution is -2.04. The average Bonchev–Trinajstić information content (AvgIpc) is 2.18. The van der Waals surface area contributed by atoms with Crippen molar-refractivity contribution < 1.29 is 0 Å². The van der Waals surface area contributed by atoms with Gasteiger partial charge in [-0.3, -0.25) is 0 Å². The van der Waals surface area contributed by atoms with Gasteiger partial charge in [0.1, 0.15) is 0 Å². The molecule has 0 aliphatic carbocycles. The summed E-state index contributed by atoms with van der Waals surface area (Å²) in [7, 11) is 0. The molecular weight excluding hydrogens is 194 g/mol. The van der Waals surface area contributed by atoms with E-state index in [9.17, 15) is 0 Å². The molecule has 1 nitrogen and oxygen atoms in total. The summed E-state index contributed by atoms with van der Waals surface area (Å²) in [6.07, 6.45) is 1.01. The SMILES string of the molecule is Cc1ccc(NCCCCl)c(C)c1C. The van der Waals surface area contributed by atoms with E-state index in [1.807, 2.05) is 0 Å². The van der Waals surface area contributed by atoms with Crippen molar-refractivity contribution in [2.45, 2.75) is 27.2 Å². The molecule has 0 fully saturated rings. The molecule has 0 saturated carbocycles. The quantitative estimate of drug-likeness (QED) is 0.592. The first-order valence-electron chi connectivity index (χ1n) is 5.03. The number of hydrogen-bond donors (Lipinski definition) is 1. The minimum atomic E-state index is 0.719. The molecular formula is C12H18ClN. The molecule has 1 N–H and O–H groups in total. The van der Waals surface area contributed by atoms with Crippen molar-refractivity contribution in [3.8, 4) is 0 Å². The zero-order chi connectivity index (χ0) is 10.6. The van der Waals surface area contributed by atoms with Gasteiger partial charge in [-0.05, 0) is 49.9 Å². The van der Waals surface area contributed by atoms with Gasteiger partial charge in [0.25, 0.3) is 0 Å². The van der Waals surface area contributed by atoms with Gasteiger partial charge in [0, 0.05) is 18.1 Å². The highest BCUT2D eigenvalue weighted by atomic mass is 35.5. The third kappa shape index (κ3) is 2.65. The molecule has 0 bridgehead atoms. The molecule has 0 aromatic heterocycles. The molecule has 0 aliphatic heterocycles. The molecule has 0 amide bonds. The van der Waals surface area contributed by atoms with Crippen LogP contribution in [0.4, 0.5) is 5.69 Å². The van der Waals surface area contributed by atoms with E-state index >= 15 is 0 Å². The molecule has 1 aromatic rings. The monoisotopic (exact) mass is 211 g/mol. The van der Waals surface area contributed by atoms with Crippen LogP contribution in [0.15, 0.2) is 12.1 Å². The Bertz CT molecular complexity index is 307. The van der Waals surface area contributed by atoms with Crippen LogP contribution in [0.1, 0.15) is 23.1 Å². The van der Waals surface area contributed by atoms with Crippen LogP contribution >= 0.6 is 11.6 Å². The van der Waals surface area contributed by atoms with Gasteiger partial charge in [0.15, 0.2) is 0 Å². The van der Waals surface area contributed by atoms with Crippen LogP contribution in [-0.4, -0.2) is 12.4 Å². The molecule has 0 aliphatic rings. The topological polar surface area (TPSA) is 12.0 Å². The zero-order valence-corrected chi connectivity index (χ0v) is 9.91. The lowest BCUT2D eigenvalue weighted by Gasteiger charge is -2.12. The number of nitrogens with one attached hydrogen (secondary N) is 1. The minimum Gasteiger partial charge on any atom is -0.385 e. The molecule has 0 heterocycles. The third-order valence-corrected chi connectivity index (χ3v) is 2.95. The summed E-state index contributed by atoms with van der Waals surface area (Å²) < 4.78 is 0. The highest BCUT2D eigenvalue weighted by molar-refractivity contribution is 6.17. The van der Waals surface area contributed by atoms with Gasteiger partial charge >= 0.3 is 0 Å². The van der Waals surface area contributed by atoms with E-state index in [-0.39, 0.29) is 0 Å². The van der Waals surface area contributed by atoms with E-state index in [1.165, 1.54) is 22.4 Å². The number of anilines is 1. The van der Waals surface area contributed by atoms with Gasteiger partial charge in [-0.2, -0.15) is 0 Å². The fraction of sp³-hybridized carbons (Fsp3) is 0.500. The molecule has 0 saturated heterocycles. The summed E-state index contributed by atoms with van der Waals surface area (Å²) in [6.45, 7) is 7.42. The van der Waals surface area contributed by atoms with E-state index in [1.54, 1.807) is 0 Å². The maximum absolute atomic E-state index is 5.62. The van der Waals surface area contributed by atoms with E-state index in [2.05, 4.69) is 38.2 Å². The first-order valence-corrected chi connectivity index (χ1v) is 5.57. The summed E-state index contributed by atoms with van der Waals surface area (Å²) in [5.74, 6) is 0.719. The van der Waals surface area contributed by atoms with E-state index in [4.69, 9.17) is 11.6 Å². The molecule has 1 rings (SSSR count). The molecule has 14 heavy (non-hydrogen) atoms. The van der Waals surface area contributed by atoms with E-state index < -0.39 is 0 Å². The van der Waals surface area contributed by atoms with Crippen LogP contribution in [0.2, 0.25) is 0 Å². The number of alkyl halides is 1. The van der Waals surface area contributed by atoms with Crippen LogP contribution in [0.25, 0.3) is 0 Å². The summed E-state index contributed by atoms with van der Waals surface area (Å²) in [4.78, 5) is 0. The van der Waals surface area contributed by atoms with Gasteiger partial charge in [0.2, 0.25) is 0 Å². The fourth-order valence-corrected chi connectivity index (χ4v) is 1.57. The highest BCUT2D eigenvalue weighted by Gasteiger charge is 2.02. The largest absolute Gasteiger partial charge is 0.385 e. The van der Waals surface area contributed by atoms with Gasteiger partial charge in [-0.1, -0.05) is 6.07 Å². The van der Waals surface area contributed by atoms with Gasteiger partial charge in [0.05, 0.1) is 0 Å². The first-order chi connectivity index (χ1) is 6.66. The second kappa shape index (κ2) is 5.26. The molecule has 0 unspecified atom stereocenters. The Kier molecular flexibility index (Phi) is 4.27. The number of aryl methyl sites for hydroxylation is 1. The summed E-state index contributed by atoms with van der Waals surface area (Å²) in [5, 5.41) is 3.40. The number of benzene rings is 1. The normalized spacial score (nSPS) is 10.3. The number of rotatable bonds is 4. The van der Waals surface area contributed by atoms with Crippen LogP contribution < -0.4 is 5.32 Å². The second-order valence-electron chi connectivity index (χ2n) is 3.65. The maximum Gasteiger partial charge on any atom is 0.0372 e. The lowest BCUT2D eigenvalue weighted by molar-refractivity contribution is 0.983. The Morgan fingerprint density at radius 2 is 1.86 bits per heavy atom. The molecule has 1 aromatic carbocycles. The van der Waals surface area contributed by atoms with E-state index in [0.29, 0.717) is 0 Å². The smallest absolute Gasteiger partial charge is 0.0372 e. The van der Waals surface area contributed by atoms with Crippen molar-refractivity contribution in [2.24, 2.45) is 0 Å². The predicted octanol–water partition coefficient (Wildman–Crippen LogP) is 3.65. The Morgan fingerprint density at radius 1 is 1.14 bits per heavy atom. The van der Waals surface area contributed by atoms with Crippen molar-refractivity contribution in [1.82, 2.24) is 0 Å². The van der Waals surface area contributed by atoms with Crippen molar-refractivity contribution in [3.63, 3.8) is 0 Å². The molecule has 0 spiro atoms. The Balaban J connectivity index is 2.73. The average molecular weight is 212 g/mol. The summed E-state index contributed by atoms with van der Waals surface area (Å²) in [5.41, 5.74) is 5.31. The lowest BCUT2D eigenvalue weighted by atomic mass is 10.0. The zero-order valence-electron chi connectivity index (χ0n) is 9.15. The Morgan fingerprint density at radius 3 is 2.50 bits per heavy atom.